The van der Waals surface area contributed by atoms with Gasteiger partial charge in [-0.15, -0.1) is 0 Å². The molecule has 2 aromatic rings. The van der Waals surface area contributed by atoms with Gasteiger partial charge in [-0.3, -0.25) is 4.68 Å². The van der Waals surface area contributed by atoms with Crippen LogP contribution < -0.4 is 11.1 Å². The zero-order valence-corrected chi connectivity index (χ0v) is 10.1. The second kappa shape index (κ2) is 5.39. The summed E-state index contributed by atoms with van der Waals surface area (Å²) in [7, 11) is 0. The van der Waals surface area contributed by atoms with E-state index in [0.717, 1.165) is 25.3 Å². The first-order chi connectivity index (χ1) is 8.29. The van der Waals surface area contributed by atoms with E-state index in [1.165, 1.54) is 5.56 Å². The van der Waals surface area contributed by atoms with Crippen molar-refractivity contribution in [1.29, 1.82) is 0 Å². The number of nitrogen functional groups attached to an aromatic ring is 1. The lowest BCUT2D eigenvalue weighted by Crippen LogP contribution is -2.07. The van der Waals surface area contributed by atoms with E-state index in [9.17, 15) is 0 Å². The molecule has 1 heterocycles. The van der Waals surface area contributed by atoms with Crippen LogP contribution in [0.1, 0.15) is 12.5 Å². The average Bonchev–Trinajstić information content (AvgIpc) is 2.72. The van der Waals surface area contributed by atoms with Gasteiger partial charge >= 0.3 is 0 Å². The summed E-state index contributed by atoms with van der Waals surface area (Å²) in [6.45, 7) is 3.72. The summed E-state index contributed by atoms with van der Waals surface area (Å²) in [4.78, 5) is 0. The van der Waals surface area contributed by atoms with Crippen LogP contribution in [-0.4, -0.2) is 16.3 Å². The third-order valence-corrected chi connectivity index (χ3v) is 2.66. The Kier molecular flexibility index (Phi) is 3.65. The topological polar surface area (TPSA) is 55.9 Å². The fourth-order valence-corrected chi connectivity index (χ4v) is 1.71. The van der Waals surface area contributed by atoms with E-state index in [1.54, 1.807) is 0 Å². The number of aromatic nitrogens is 2. The highest BCUT2D eigenvalue weighted by Crippen LogP contribution is 2.14. The highest BCUT2D eigenvalue weighted by molar-refractivity contribution is 5.59. The third kappa shape index (κ3) is 3.00. The molecule has 0 aliphatic carbocycles. The number of aryl methyl sites for hydroxylation is 1. The molecule has 90 valence electrons. The third-order valence-electron chi connectivity index (χ3n) is 2.66. The van der Waals surface area contributed by atoms with Crippen LogP contribution in [0.5, 0.6) is 0 Å². The number of hydrogen-bond acceptors (Lipinski definition) is 3. The Balaban J connectivity index is 1.88. The lowest BCUT2D eigenvalue weighted by Gasteiger charge is -2.04. The smallest absolute Gasteiger partial charge is 0.171 e. The summed E-state index contributed by atoms with van der Waals surface area (Å²) in [6, 6.07) is 10.4. The Labute approximate surface area is 101 Å². The number of hydrogen-bond donors (Lipinski definition) is 2. The molecule has 3 N–H and O–H groups in total. The van der Waals surface area contributed by atoms with E-state index >= 15 is 0 Å². The first-order valence-electron chi connectivity index (χ1n) is 5.90. The second-order valence-corrected chi connectivity index (χ2v) is 3.95. The Morgan fingerprint density at radius 3 is 2.71 bits per heavy atom. The molecule has 0 radical (unpaired) electrons. The Morgan fingerprint density at radius 1 is 1.29 bits per heavy atom. The number of benzene rings is 1. The maximum absolute atomic E-state index is 5.85. The van der Waals surface area contributed by atoms with Crippen LogP contribution in [0.2, 0.25) is 0 Å². The van der Waals surface area contributed by atoms with Crippen LogP contribution >= 0.6 is 0 Å². The van der Waals surface area contributed by atoms with E-state index in [2.05, 4.69) is 34.7 Å². The monoisotopic (exact) mass is 230 g/mol. The number of nitrogens with one attached hydrogen (secondary N) is 1. The fraction of sp³-hybridized carbons (Fsp3) is 0.308. The van der Waals surface area contributed by atoms with E-state index in [4.69, 9.17) is 5.73 Å². The van der Waals surface area contributed by atoms with Gasteiger partial charge in [-0.2, -0.15) is 5.10 Å². The summed E-state index contributed by atoms with van der Waals surface area (Å²) in [6.07, 6.45) is 2.82. The molecule has 2 rings (SSSR count). The van der Waals surface area contributed by atoms with Gasteiger partial charge < -0.3 is 11.1 Å². The van der Waals surface area contributed by atoms with E-state index in [0.29, 0.717) is 5.69 Å². The van der Waals surface area contributed by atoms with Crippen LogP contribution in [0.3, 0.4) is 0 Å². The highest BCUT2D eigenvalue weighted by Gasteiger charge is 2.03. The van der Waals surface area contributed by atoms with Crippen LogP contribution in [0.25, 0.3) is 0 Å². The quantitative estimate of drug-likeness (QED) is 0.827. The van der Waals surface area contributed by atoms with Crippen molar-refractivity contribution in [2.75, 3.05) is 17.6 Å². The van der Waals surface area contributed by atoms with Gasteiger partial charge in [0.15, 0.2) is 5.82 Å². The zero-order chi connectivity index (χ0) is 12.1. The maximum Gasteiger partial charge on any atom is 0.171 e. The lowest BCUT2D eigenvalue weighted by atomic mass is 10.1. The summed E-state index contributed by atoms with van der Waals surface area (Å²) >= 11 is 0. The number of nitrogens with zero attached hydrogens (tertiary/aromatic N) is 2. The van der Waals surface area contributed by atoms with Gasteiger partial charge in [0.25, 0.3) is 0 Å². The Morgan fingerprint density at radius 2 is 2.06 bits per heavy atom. The fourth-order valence-electron chi connectivity index (χ4n) is 1.71. The predicted octanol–water partition coefficient (Wildman–Crippen LogP) is 2.14. The highest BCUT2D eigenvalue weighted by atomic mass is 15.3. The molecule has 0 saturated heterocycles. The van der Waals surface area contributed by atoms with Crippen molar-refractivity contribution in [3.8, 4) is 0 Å². The molecule has 0 amide bonds. The van der Waals surface area contributed by atoms with Gasteiger partial charge in [-0.05, 0) is 18.9 Å². The van der Waals surface area contributed by atoms with Gasteiger partial charge in [0.2, 0.25) is 0 Å². The number of anilines is 2. The molecular formula is C13H18N4. The molecule has 0 saturated carbocycles. The molecule has 4 heteroatoms. The van der Waals surface area contributed by atoms with Crippen molar-refractivity contribution in [3.63, 3.8) is 0 Å². The van der Waals surface area contributed by atoms with Crippen LogP contribution in [0.4, 0.5) is 11.5 Å². The van der Waals surface area contributed by atoms with E-state index in [1.807, 2.05) is 23.9 Å². The molecule has 0 unspecified atom stereocenters. The van der Waals surface area contributed by atoms with Crippen molar-refractivity contribution in [3.05, 3.63) is 42.1 Å². The van der Waals surface area contributed by atoms with Crippen LogP contribution in [0, 0.1) is 0 Å². The van der Waals surface area contributed by atoms with Crippen molar-refractivity contribution in [2.45, 2.75) is 19.9 Å². The normalized spacial score (nSPS) is 10.4. The molecule has 0 aliphatic rings. The van der Waals surface area contributed by atoms with Gasteiger partial charge in [-0.25, -0.2) is 0 Å². The van der Waals surface area contributed by atoms with Crippen LogP contribution in [-0.2, 0) is 13.0 Å². The molecule has 4 nitrogen and oxygen atoms in total. The van der Waals surface area contributed by atoms with Gasteiger partial charge in [-0.1, -0.05) is 30.3 Å². The standard InChI is InChI=1S/C13H18N4/c1-2-17-10-12(14)13(16-17)15-9-8-11-6-4-3-5-7-11/h3-7,10H,2,8-9,14H2,1H3,(H,15,16). The largest absolute Gasteiger partial charge is 0.394 e. The average molecular weight is 230 g/mol. The van der Waals surface area contributed by atoms with Crippen molar-refractivity contribution in [1.82, 2.24) is 9.78 Å². The molecule has 0 fully saturated rings. The van der Waals surface area contributed by atoms with Gasteiger partial charge in [0.05, 0.1) is 11.9 Å². The minimum atomic E-state index is 0.708. The minimum absolute atomic E-state index is 0.708. The predicted molar refractivity (Wildman–Crippen MR) is 70.9 cm³/mol. The zero-order valence-electron chi connectivity index (χ0n) is 10.1. The van der Waals surface area contributed by atoms with E-state index < -0.39 is 0 Å². The number of nitrogens with two attached hydrogens (primary N) is 1. The second-order valence-electron chi connectivity index (χ2n) is 3.95. The van der Waals surface area contributed by atoms with Crippen molar-refractivity contribution < 1.29 is 0 Å². The molecule has 0 aliphatic heterocycles. The van der Waals surface area contributed by atoms with Crippen LogP contribution in [0.15, 0.2) is 36.5 Å². The SMILES string of the molecule is CCn1cc(N)c(NCCc2ccccc2)n1. The number of rotatable bonds is 5. The van der Waals surface area contributed by atoms with E-state index in [-0.39, 0.29) is 0 Å². The van der Waals surface area contributed by atoms with Crippen molar-refractivity contribution in [2.24, 2.45) is 0 Å². The Bertz CT molecular complexity index is 462. The molecular weight excluding hydrogens is 212 g/mol. The summed E-state index contributed by atoms with van der Waals surface area (Å²) in [5.41, 5.74) is 7.87. The maximum atomic E-state index is 5.85. The first-order valence-corrected chi connectivity index (χ1v) is 5.90. The molecule has 0 spiro atoms. The molecule has 0 atom stereocenters. The van der Waals surface area contributed by atoms with Gasteiger partial charge in [0.1, 0.15) is 0 Å². The Hall–Kier alpha value is -1.97. The molecule has 17 heavy (non-hydrogen) atoms. The first kappa shape index (κ1) is 11.5. The molecule has 1 aromatic heterocycles. The summed E-state index contributed by atoms with van der Waals surface area (Å²) < 4.78 is 1.83. The molecule has 0 bridgehead atoms. The summed E-state index contributed by atoms with van der Waals surface area (Å²) in [5.74, 6) is 0.780. The summed E-state index contributed by atoms with van der Waals surface area (Å²) in [5, 5.41) is 7.60. The molecule has 1 aromatic carbocycles. The minimum Gasteiger partial charge on any atom is -0.394 e. The van der Waals surface area contributed by atoms with Crippen molar-refractivity contribution >= 4 is 11.5 Å². The lowest BCUT2D eigenvalue weighted by molar-refractivity contribution is 0.661. The van der Waals surface area contributed by atoms with Gasteiger partial charge in [0, 0.05) is 13.1 Å².